The van der Waals surface area contributed by atoms with Gasteiger partial charge in [0.05, 0.1) is 23.7 Å². The largest absolute Gasteiger partial charge is 0.495 e. The summed E-state index contributed by atoms with van der Waals surface area (Å²) >= 11 is 0. The second kappa shape index (κ2) is 7.22. The van der Waals surface area contributed by atoms with Crippen LogP contribution in [-0.4, -0.2) is 16.7 Å². The number of aromatic nitrogens is 2. The zero-order chi connectivity index (χ0) is 18.6. The van der Waals surface area contributed by atoms with Gasteiger partial charge in [-0.1, -0.05) is 24.3 Å². The number of anilines is 1. The van der Waals surface area contributed by atoms with Gasteiger partial charge in [-0.25, -0.2) is 4.98 Å². The maximum atomic E-state index is 9.09. The minimum atomic E-state index is 0.525. The van der Waals surface area contributed by atoms with Gasteiger partial charge in [0.1, 0.15) is 18.1 Å². The Morgan fingerprint density at radius 1 is 1.07 bits per heavy atom. The Labute approximate surface area is 157 Å². The van der Waals surface area contributed by atoms with E-state index in [4.69, 9.17) is 10.00 Å². The fraction of sp³-hybridized carbons (Fsp3) is 0.0909. The average molecular weight is 354 g/mol. The summed E-state index contributed by atoms with van der Waals surface area (Å²) in [5, 5.41) is 12.5. The molecule has 0 fully saturated rings. The van der Waals surface area contributed by atoms with E-state index in [0.29, 0.717) is 17.9 Å². The van der Waals surface area contributed by atoms with Gasteiger partial charge in [0, 0.05) is 24.0 Å². The second-order valence-corrected chi connectivity index (χ2v) is 6.15. The molecule has 0 aliphatic rings. The first kappa shape index (κ1) is 16.7. The third-order valence-corrected chi connectivity index (χ3v) is 4.46. The average Bonchev–Trinajstić information content (AvgIpc) is 3.16. The van der Waals surface area contributed by atoms with Crippen molar-refractivity contribution >= 4 is 16.7 Å². The third-order valence-electron chi connectivity index (χ3n) is 4.46. The summed E-state index contributed by atoms with van der Waals surface area (Å²) in [5.41, 5.74) is 5.71. The lowest BCUT2D eigenvalue weighted by molar-refractivity contribution is 0.413. The van der Waals surface area contributed by atoms with Crippen LogP contribution in [0.4, 0.5) is 5.69 Å². The van der Waals surface area contributed by atoms with Gasteiger partial charge in [-0.2, -0.15) is 5.26 Å². The van der Waals surface area contributed by atoms with Crippen LogP contribution in [0.5, 0.6) is 5.75 Å². The van der Waals surface area contributed by atoms with E-state index in [-0.39, 0.29) is 0 Å². The topological polar surface area (TPSA) is 62.9 Å². The standard InChI is InChI=1S/C22H18N4O/c1-27-22-12-18(10-9-17(22)13-23)24-14-16-5-4-6-19(11-16)26-15-25-20-7-2-3-8-21(20)26/h2-12,15,24H,14H2,1H3. The summed E-state index contributed by atoms with van der Waals surface area (Å²) in [5.74, 6) is 0.570. The van der Waals surface area contributed by atoms with E-state index in [1.54, 1.807) is 13.2 Å². The van der Waals surface area contributed by atoms with Crippen LogP contribution in [0.15, 0.2) is 73.1 Å². The minimum Gasteiger partial charge on any atom is -0.495 e. The zero-order valence-corrected chi connectivity index (χ0v) is 14.9. The number of para-hydroxylation sites is 2. The molecule has 0 unspecified atom stereocenters. The first-order valence-corrected chi connectivity index (χ1v) is 8.62. The monoisotopic (exact) mass is 354 g/mol. The normalized spacial score (nSPS) is 10.5. The van der Waals surface area contributed by atoms with E-state index in [9.17, 15) is 0 Å². The summed E-state index contributed by atoms with van der Waals surface area (Å²) in [7, 11) is 1.57. The highest BCUT2D eigenvalue weighted by molar-refractivity contribution is 5.77. The van der Waals surface area contributed by atoms with Crippen LogP contribution in [0.25, 0.3) is 16.7 Å². The lowest BCUT2D eigenvalue weighted by Gasteiger charge is -2.11. The molecule has 0 atom stereocenters. The van der Waals surface area contributed by atoms with E-state index in [0.717, 1.165) is 28.0 Å². The fourth-order valence-corrected chi connectivity index (χ4v) is 3.08. The third kappa shape index (κ3) is 3.33. The molecule has 4 aromatic rings. The Hall–Kier alpha value is -3.78. The number of benzene rings is 3. The maximum absolute atomic E-state index is 9.09. The van der Waals surface area contributed by atoms with E-state index in [1.807, 2.05) is 42.7 Å². The molecule has 5 nitrogen and oxygen atoms in total. The second-order valence-electron chi connectivity index (χ2n) is 6.15. The summed E-state index contributed by atoms with van der Waals surface area (Å²) in [4.78, 5) is 4.46. The Balaban J connectivity index is 1.56. The molecule has 0 aliphatic carbocycles. The summed E-state index contributed by atoms with van der Waals surface area (Å²) in [6, 6.07) is 24.0. The molecule has 0 aliphatic heterocycles. The Kier molecular flexibility index (Phi) is 4.46. The van der Waals surface area contributed by atoms with Crippen molar-refractivity contribution in [2.75, 3.05) is 12.4 Å². The molecule has 4 rings (SSSR count). The number of nitriles is 1. The van der Waals surface area contributed by atoms with Crippen LogP contribution in [0.1, 0.15) is 11.1 Å². The quantitative estimate of drug-likeness (QED) is 0.572. The predicted octanol–water partition coefficient (Wildman–Crippen LogP) is 4.52. The van der Waals surface area contributed by atoms with Crippen molar-refractivity contribution in [3.05, 3.63) is 84.2 Å². The van der Waals surface area contributed by atoms with E-state index in [1.165, 1.54) is 0 Å². The minimum absolute atomic E-state index is 0.525. The van der Waals surface area contributed by atoms with Crippen LogP contribution in [0.2, 0.25) is 0 Å². The van der Waals surface area contributed by atoms with Crippen molar-refractivity contribution in [3.63, 3.8) is 0 Å². The molecule has 0 amide bonds. The Bertz CT molecular complexity index is 1140. The molecule has 0 saturated carbocycles. The molecule has 0 spiro atoms. The van der Waals surface area contributed by atoms with Crippen LogP contribution in [0, 0.1) is 11.3 Å². The van der Waals surface area contributed by atoms with Crippen LogP contribution < -0.4 is 10.1 Å². The highest BCUT2D eigenvalue weighted by Gasteiger charge is 2.06. The van der Waals surface area contributed by atoms with Crippen molar-refractivity contribution in [3.8, 4) is 17.5 Å². The Morgan fingerprint density at radius 3 is 2.81 bits per heavy atom. The summed E-state index contributed by atoms with van der Waals surface area (Å²) in [6.45, 7) is 0.662. The maximum Gasteiger partial charge on any atom is 0.138 e. The molecule has 1 heterocycles. The molecule has 0 radical (unpaired) electrons. The molecular formula is C22H18N4O. The van der Waals surface area contributed by atoms with Gasteiger partial charge in [0.25, 0.3) is 0 Å². The highest BCUT2D eigenvalue weighted by Crippen LogP contribution is 2.23. The van der Waals surface area contributed by atoms with Gasteiger partial charge in [0.2, 0.25) is 0 Å². The molecule has 5 heteroatoms. The van der Waals surface area contributed by atoms with Gasteiger partial charge < -0.3 is 10.1 Å². The van der Waals surface area contributed by atoms with Crippen LogP contribution in [-0.2, 0) is 6.54 Å². The number of hydrogen-bond donors (Lipinski definition) is 1. The molecule has 132 valence electrons. The first-order valence-electron chi connectivity index (χ1n) is 8.62. The number of nitrogens with zero attached hydrogens (tertiary/aromatic N) is 3. The number of fused-ring (bicyclic) bond motifs is 1. The summed E-state index contributed by atoms with van der Waals surface area (Å²) in [6.07, 6.45) is 1.85. The van der Waals surface area contributed by atoms with Crippen molar-refractivity contribution in [1.29, 1.82) is 5.26 Å². The van der Waals surface area contributed by atoms with Gasteiger partial charge >= 0.3 is 0 Å². The van der Waals surface area contributed by atoms with Gasteiger partial charge in [-0.3, -0.25) is 4.57 Å². The fourth-order valence-electron chi connectivity index (χ4n) is 3.08. The Morgan fingerprint density at radius 2 is 1.96 bits per heavy atom. The van der Waals surface area contributed by atoms with E-state index in [2.05, 4.69) is 45.2 Å². The van der Waals surface area contributed by atoms with Crippen molar-refractivity contribution in [1.82, 2.24) is 9.55 Å². The van der Waals surface area contributed by atoms with Crippen molar-refractivity contribution in [2.24, 2.45) is 0 Å². The highest BCUT2D eigenvalue weighted by atomic mass is 16.5. The predicted molar refractivity (Wildman–Crippen MR) is 106 cm³/mol. The van der Waals surface area contributed by atoms with E-state index < -0.39 is 0 Å². The van der Waals surface area contributed by atoms with Crippen LogP contribution >= 0.6 is 0 Å². The van der Waals surface area contributed by atoms with Gasteiger partial charge in [-0.15, -0.1) is 0 Å². The van der Waals surface area contributed by atoms with Crippen molar-refractivity contribution in [2.45, 2.75) is 6.54 Å². The molecule has 1 aromatic heterocycles. The van der Waals surface area contributed by atoms with Gasteiger partial charge in [-0.05, 0) is 42.0 Å². The number of nitrogens with one attached hydrogen (secondary N) is 1. The zero-order valence-electron chi connectivity index (χ0n) is 14.9. The van der Waals surface area contributed by atoms with Crippen LogP contribution in [0.3, 0.4) is 0 Å². The number of rotatable bonds is 5. The smallest absolute Gasteiger partial charge is 0.138 e. The number of hydrogen-bond acceptors (Lipinski definition) is 4. The summed E-state index contributed by atoms with van der Waals surface area (Å²) < 4.78 is 7.35. The molecule has 1 N–H and O–H groups in total. The first-order chi connectivity index (χ1) is 13.3. The number of ether oxygens (including phenoxy) is 1. The number of imidazole rings is 1. The lowest BCUT2D eigenvalue weighted by Crippen LogP contribution is -2.01. The number of methoxy groups -OCH3 is 1. The van der Waals surface area contributed by atoms with Gasteiger partial charge in [0.15, 0.2) is 0 Å². The van der Waals surface area contributed by atoms with E-state index >= 15 is 0 Å². The molecule has 0 saturated heterocycles. The molecular weight excluding hydrogens is 336 g/mol. The van der Waals surface area contributed by atoms with Crippen molar-refractivity contribution < 1.29 is 4.74 Å². The SMILES string of the molecule is COc1cc(NCc2cccc(-n3cnc4ccccc43)c2)ccc1C#N. The molecule has 27 heavy (non-hydrogen) atoms. The molecule has 0 bridgehead atoms. The molecule has 3 aromatic carbocycles. The lowest BCUT2D eigenvalue weighted by atomic mass is 10.1.